The van der Waals surface area contributed by atoms with E-state index in [0.717, 1.165) is 17.1 Å². The smallest absolute Gasteiger partial charge is 0.128 e. The zero-order chi connectivity index (χ0) is 13.0. The summed E-state index contributed by atoms with van der Waals surface area (Å²) in [5.74, 6) is 1.48. The number of aromatic nitrogens is 1. The Balaban J connectivity index is 2.57. The number of methoxy groups -OCH3 is 1. The second-order valence-electron chi connectivity index (χ2n) is 3.68. The minimum atomic E-state index is 0.586. The van der Waals surface area contributed by atoms with Gasteiger partial charge in [-0.25, -0.2) is 4.98 Å². The molecule has 0 spiro atoms. The summed E-state index contributed by atoms with van der Waals surface area (Å²) in [7, 11) is 3.42. The van der Waals surface area contributed by atoms with Crippen LogP contribution in [0, 0.1) is 11.3 Å². The van der Waals surface area contributed by atoms with Crippen LogP contribution in [-0.4, -0.2) is 19.1 Å². The molecule has 0 saturated heterocycles. The van der Waals surface area contributed by atoms with Gasteiger partial charge in [0.1, 0.15) is 11.6 Å². The topological polar surface area (TPSA) is 57.9 Å². The van der Waals surface area contributed by atoms with Crippen LogP contribution in [-0.2, 0) is 0 Å². The van der Waals surface area contributed by atoms with Crippen molar-refractivity contribution in [2.75, 3.05) is 19.5 Å². The maximum Gasteiger partial charge on any atom is 0.128 e. The molecule has 0 aliphatic carbocycles. The average Bonchev–Trinajstić information content (AvgIpc) is 2.46. The molecule has 0 aliphatic rings. The lowest BCUT2D eigenvalue weighted by Gasteiger charge is -2.09. The van der Waals surface area contributed by atoms with Crippen molar-refractivity contribution < 1.29 is 4.74 Å². The zero-order valence-corrected chi connectivity index (χ0v) is 10.3. The monoisotopic (exact) mass is 239 g/mol. The molecule has 90 valence electrons. The molecule has 1 aromatic heterocycles. The summed E-state index contributed by atoms with van der Waals surface area (Å²) in [5, 5.41) is 11.9. The van der Waals surface area contributed by atoms with Crippen LogP contribution >= 0.6 is 0 Å². The van der Waals surface area contributed by atoms with Crippen LogP contribution in [0.3, 0.4) is 0 Å². The number of hydrogen-bond donors (Lipinski definition) is 1. The van der Waals surface area contributed by atoms with E-state index in [-0.39, 0.29) is 0 Å². The highest BCUT2D eigenvalue weighted by molar-refractivity contribution is 5.70. The largest absolute Gasteiger partial charge is 0.496 e. The number of nitrogens with zero attached hydrogens (tertiary/aromatic N) is 2. The molecular formula is C14H13N3O. The highest BCUT2D eigenvalue weighted by Gasteiger charge is 2.08. The Morgan fingerprint density at radius 1 is 1.28 bits per heavy atom. The fourth-order valence-corrected chi connectivity index (χ4v) is 1.70. The molecule has 4 heteroatoms. The summed E-state index contributed by atoms with van der Waals surface area (Å²) in [4.78, 5) is 4.44. The number of hydrogen-bond acceptors (Lipinski definition) is 4. The van der Waals surface area contributed by atoms with Crippen LogP contribution < -0.4 is 10.1 Å². The van der Waals surface area contributed by atoms with E-state index >= 15 is 0 Å². The number of anilines is 1. The molecule has 18 heavy (non-hydrogen) atoms. The molecule has 0 unspecified atom stereocenters. The van der Waals surface area contributed by atoms with Gasteiger partial charge in [0.05, 0.1) is 24.4 Å². The maximum absolute atomic E-state index is 8.95. The Morgan fingerprint density at radius 3 is 2.78 bits per heavy atom. The molecule has 2 aromatic rings. The van der Waals surface area contributed by atoms with Crippen LogP contribution in [0.1, 0.15) is 5.56 Å². The Kier molecular flexibility index (Phi) is 3.44. The molecule has 0 atom stereocenters. The third kappa shape index (κ3) is 2.25. The Hall–Kier alpha value is -2.54. The van der Waals surface area contributed by atoms with Gasteiger partial charge in [0.25, 0.3) is 0 Å². The Morgan fingerprint density at radius 2 is 2.11 bits per heavy atom. The van der Waals surface area contributed by atoms with E-state index < -0.39 is 0 Å². The molecular weight excluding hydrogens is 226 g/mol. The number of benzene rings is 1. The van der Waals surface area contributed by atoms with E-state index in [1.165, 1.54) is 0 Å². The minimum Gasteiger partial charge on any atom is -0.496 e. The first-order valence-electron chi connectivity index (χ1n) is 5.52. The normalized spacial score (nSPS) is 9.61. The molecule has 0 saturated carbocycles. The standard InChI is InChI=1S/C14H13N3O/c1-16-14-5-3-4-12(17-14)11-8-10(9-15)6-7-13(11)18-2/h3-8H,1-2H3,(H,16,17). The van der Waals surface area contributed by atoms with Gasteiger partial charge in [-0.3, -0.25) is 0 Å². The van der Waals surface area contributed by atoms with Crippen molar-refractivity contribution in [1.29, 1.82) is 5.26 Å². The third-order valence-electron chi connectivity index (χ3n) is 2.61. The van der Waals surface area contributed by atoms with E-state index in [1.54, 1.807) is 25.3 Å². The predicted molar refractivity (Wildman–Crippen MR) is 70.5 cm³/mol. The average molecular weight is 239 g/mol. The van der Waals surface area contributed by atoms with Gasteiger partial charge < -0.3 is 10.1 Å². The van der Waals surface area contributed by atoms with Crippen LogP contribution in [0.5, 0.6) is 5.75 Å². The molecule has 1 N–H and O–H groups in total. The fraction of sp³-hybridized carbons (Fsp3) is 0.143. The van der Waals surface area contributed by atoms with Gasteiger partial charge in [-0.2, -0.15) is 5.26 Å². The van der Waals surface area contributed by atoms with Crippen LogP contribution in [0.2, 0.25) is 0 Å². The van der Waals surface area contributed by atoms with E-state index in [2.05, 4.69) is 16.4 Å². The number of nitriles is 1. The molecule has 0 bridgehead atoms. The van der Waals surface area contributed by atoms with Gasteiger partial charge in [-0.05, 0) is 30.3 Å². The molecule has 1 aromatic carbocycles. The van der Waals surface area contributed by atoms with Crippen molar-refractivity contribution >= 4 is 5.82 Å². The van der Waals surface area contributed by atoms with E-state index in [1.807, 2.05) is 25.2 Å². The third-order valence-corrected chi connectivity index (χ3v) is 2.61. The number of nitrogens with one attached hydrogen (secondary N) is 1. The molecule has 0 aliphatic heterocycles. The van der Waals surface area contributed by atoms with Gasteiger partial charge in [0.2, 0.25) is 0 Å². The number of rotatable bonds is 3. The summed E-state index contributed by atoms with van der Waals surface area (Å²) in [6, 6.07) is 13.1. The van der Waals surface area contributed by atoms with Crippen molar-refractivity contribution in [1.82, 2.24) is 4.98 Å². The lowest BCUT2D eigenvalue weighted by atomic mass is 10.1. The summed E-state index contributed by atoms with van der Waals surface area (Å²) < 4.78 is 5.30. The fourth-order valence-electron chi connectivity index (χ4n) is 1.70. The van der Waals surface area contributed by atoms with Crippen molar-refractivity contribution in [2.24, 2.45) is 0 Å². The van der Waals surface area contributed by atoms with Gasteiger partial charge >= 0.3 is 0 Å². The minimum absolute atomic E-state index is 0.586. The first kappa shape index (κ1) is 11.9. The molecule has 0 radical (unpaired) electrons. The zero-order valence-electron chi connectivity index (χ0n) is 10.3. The van der Waals surface area contributed by atoms with E-state index in [0.29, 0.717) is 11.3 Å². The van der Waals surface area contributed by atoms with Crippen LogP contribution in [0.15, 0.2) is 36.4 Å². The van der Waals surface area contributed by atoms with Crippen molar-refractivity contribution in [3.63, 3.8) is 0 Å². The van der Waals surface area contributed by atoms with Crippen molar-refractivity contribution in [3.8, 4) is 23.1 Å². The van der Waals surface area contributed by atoms with E-state index in [9.17, 15) is 0 Å². The highest BCUT2D eigenvalue weighted by Crippen LogP contribution is 2.30. The predicted octanol–water partition coefficient (Wildman–Crippen LogP) is 2.67. The summed E-state index contributed by atoms with van der Waals surface area (Å²) in [6.45, 7) is 0. The highest BCUT2D eigenvalue weighted by atomic mass is 16.5. The van der Waals surface area contributed by atoms with Crippen LogP contribution in [0.25, 0.3) is 11.3 Å². The summed E-state index contributed by atoms with van der Waals surface area (Å²) >= 11 is 0. The Bertz CT molecular complexity index is 602. The molecule has 0 amide bonds. The SMILES string of the molecule is CNc1cccc(-c2cc(C#N)ccc2OC)n1. The lowest BCUT2D eigenvalue weighted by molar-refractivity contribution is 0.416. The Labute approximate surface area is 106 Å². The van der Waals surface area contributed by atoms with Crippen LogP contribution in [0.4, 0.5) is 5.82 Å². The van der Waals surface area contributed by atoms with Gasteiger partial charge in [-0.15, -0.1) is 0 Å². The van der Waals surface area contributed by atoms with E-state index in [4.69, 9.17) is 10.00 Å². The van der Waals surface area contributed by atoms with Gasteiger partial charge in [-0.1, -0.05) is 6.07 Å². The molecule has 0 fully saturated rings. The molecule has 2 rings (SSSR count). The first-order chi connectivity index (χ1) is 8.78. The second-order valence-corrected chi connectivity index (χ2v) is 3.68. The van der Waals surface area contributed by atoms with Gasteiger partial charge in [0, 0.05) is 12.6 Å². The van der Waals surface area contributed by atoms with Gasteiger partial charge in [0.15, 0.2) is 0 Å². The lowest BCUT2D eigenvalue weighted by Crippen LogP contribution is -1.95. The second kappa shape index (κ2) is 5.19. The van der Waals surface area contributed by atoms with Crippen molar-refractivity contribution in [2.45, 2.75) is 0 Å². The van der Waals surface area contributed by atoms with Crippen molar-refractivity contribution in [3.05, 3.63) is 42.0 Å². The quantitative estimate of drug-likeness (QED) is 0.894. The molecule has 1 heterocycles. The summed E-state index contributed by atoms with van der Waals surface area (Å²) in [6.07, 6.45) is 0. The first-order valence-corrected chi connectivity index (χ1v) is 5.52. The number of ether oxygens (including phenoxy) is 1. The molecule has 4 nitrogen and oxygen atoms in total. The maximum atomic E-state index is 8.95. The number of pyridine rings is 1. The summed E-state index contributed by atoms with van der Waals surface area (Å²) in [5.41, 5.74) is 2.17.